The SMILES string of the molecule is CC1(C)C2CCC1(C)C(NC(=O)Cc1ccc(OC(F)F)cc1)C2. The van der Waals surface area contributed by atoms with Gasteiger partial charge in [0, 0.05) is 6.04 Å². The van der Waals surface area contributed by atoms with Crippen molar-refractivity contribution in [1.82, 2.24) is 5.32 Å². The van der Waals surface area contributed by atoms with E-state index in [0.29, 0.717) is 5.92 Å². The topological polar surface area (TPSA) is 38.3 Å². The van der Waals surface area contributed by atoms with Gasteiger partial charge in [0.25, 0.3) is 0 Å². The molecule has 0 aliphatic heterocycles. The molecule has 0 spiro atoms. The Hall–Kier alpha value is -1.65. The molecule has 0 saturated heterocycles. The average molecular weight is 337 g/mol. The third-order valence-electron chi connectivity index (χ3n) is 6.64. The summed E-state index contributed by atoms with van der Waals surface area (Å²) in [6.45, 7) is 4.10. The fraction of sp³-hybridized carbons (Fsp3) is 0.632. The maximum Gasteiger partial charge on any atom is 0.387 e. The van der Waals surface area contributed by atoms with Crippen molar-refractivity contribution in [3.63, 3.8) is 0 Å². The standard InChI is InChI=1S/C19H25F2NO2/c1-18(2)13-8-9-19(18,3)15(11-13)22-16(23)10-12-4-6-14(7-5-12)24-17(20)21/h4-7,13,15,17H,8-11H2,1-3H3,(H,22,23). The lowest BCUT2D eigenvalue weighted by Crippen LogP contribution is -2.47. The number of amides is 1. The molecule has 2 aliphatic carbocycles. The number of rotatable bonds is 5. The number of hydrogen-bond acceptors (Lipinski definition) is 2. The molecule has 3 rings (SSSR count). The lowest BCUT2D eigenvalue weighted by Gasteiger charge is -2.39. The summed E-state index contributed by atoms with van der Waals surface area (Å²) in [5.41, 5.74) is 1.21. The fourth-order valence-electron chi connectivity index (χ4n) is 4.64. The molecule has 0 aromatic heterocycles. The number of fused-ring (bicyclic) bond motifs is 2. The van der Waals surface area contributed by atoms with Gasteiger partial charge in [0.15, 0.2) is 0 Å². The minimum Gasteiger partial charge on any atom is -0.435 e. The fourth-order valence-corrected chi connectivity index (χ4v) is 4.64. The molecule has 1 aromatic rings. The quantitative estimate of drug-likeness (QED) is 0.876. The smallest absolute Gasteiger partial charge is 0.387 e. The number of alkyl halides is 2. The van der Waals surface area contributed by atoms with Crippen LogP contribution in [-0.4, -0.2) is 18.6 Å². The summed E-state index contributed by atoms with van der Waals surface area (Å²) in [6, 6.07) is 6.47. The van der Waals surface area contributed by atoms with E-state index in [-0.39, 0.29) is 34.9 Å². The Morgan fingerprint density at radius 2 is 1.96 bits per heavy atom. The molecule has 3 unspecified atom stereocenters. The van der Waals surface area contributed by atoms with E-state index in [2.05, 4.69) is 30.8 Å². The van der Waals surface area contributed by atoms with Crippen LogP contribution in [0.4, 0.5) is 8.78 Å². The Kier molecular flexibility index (Phi) is 4.30. The lowest BCUT2D eigenvalue weighted by molar-refractivity contribution is -0.122. The van der Waals surface area contributed by atoms with Gasteiger partial charge in [0.05, 0.1) is 6.42 Å². The van der Waals surface area contributed by atoms with Crippen molar-refractivity contribution in [2.24, 2.45) is 16.7 Å². The average Bonchev–Trinajstić information content (AvgIpc) is 2.82. The molecule has 3 nitrogen and oxygen atoms in total. The van der Waals surface area contributed by atoms with Crippen LogP contribution in [0.25, 0.3) is 0 Å². The zero-order valence-corrected chi connectivity index (χ0v) is 14.4. The number of ether oxygens (including phenoxy) is 1. The maximum atomic E-state index is 12.4. The normalized spacial score (nSPS) is 30.6. The molecule has 132 valence electrons. The first-order chi connectivity index (χ1) is 11.2. The van der Waals surface area contributed by atoms with Gasteiger partial charge in [0.2, 0.25) is 5.91 Å². The number of carbonyl (C=O) groups excluding carboxylic acids is 1. The van der Waals surface area contributed by atoms with Crippen LogP contribution in [0.2, 0.25) is 0 Å². The van der Waals surface area contributed by atoms with Crippen molar-refractivity contribution in [2.75, 3.05) is 0 Å². The summed E-state index contributed by atoms with van der Waals surface area (Å²) in [5, 5.41) is 3.21. The lowest BCUT2D eigenvalue weighted by atomic mass is 9.69. The Labute approximate surface area is 141 Å². The van der Waals surface area contributed by atoms with Crippen LogP contribution in [0.15, 0.2) is 24.3 Å². The molecule has 0 heterocycles. The van der Waals surface area contributed by atoms with Gasteiger partial charge in [-0.3, -0.25) is 4.79 Å². The van der Waals surface area contributed by atoms with Crippen molar-refractivity contribution in [2.45, 2.75) is 59.1 Å². The molecule has 2 fully saturated rings. The molecule has 24 heavy (non-hydrogen) atoms. The summed E-state index contributed by atoms with van der Waals surface area (Å²) >= 11 is 0. The van der Waals surface area contributed by atoms with Crippen LogP contribution in [0.5, 0.6) is 5.75 Å². The molecule has 0 radical (unpaired) electrons. The summed E-state index contributed by atoms with van der Waals surface area (Å²) in [7, 11) is 0. The number of benzene rings is 1. The van der Waals surface area contributed by atoms with Crippen molar-refractivity contribution in [3.05, 3.63) is 29.8 Å². The second-order valence-corrected chi connectivity index (χ2v) is 7.93. The third kappa shape index (κ3) is 2.89. The van der Waals surface area contributed by atoms with Crippen molar-refractivity contribution in [1.29, 1.82) is 0 Å². The summed E-state index contributed by atoms with van der Waals surface area (Å²) in [6.07, 6.45) is 3.72. The molecule has 2 bridgehead atoms. The maximum absolute atomic E-state index is 12.4. The van der Waals surface area contributed by atoms with E-state index < -0.39 is 6.61 Å². The number of halogens is 2. The zero-order valence-electron chi connectivity index (χ0n) is 14.4. The molecule has 5 heteroatoms. The highest BCUT2D eigenvalue weighted by Crippen LogP contribution is 2.65. The van der Waals surface area contributed by atoms with E-state index in [1.807, 2.05) is 0 Å². The molecule has 3 atom stereocenters. The highest BCUT2D eigenvalue weighted by atomic mass is 19.3. The summed E-state index contributed by atoms with van der Waals surface area (Å²) < 4.78 is 28.6. The molecule has 2 saturated carbocycles. The first-order valence-corrected chi connectivity index (χ1v) is 8.55. The van der Waals surface area contributed by atoms with Gasteiger partial charge in [-0.25, -0.2) is 0 Å². The van der Waals surface area contributed by atoms with E-state index in [0.717, 1.165) is 18.4 Å². The second-order valence-electron chi connectivity index (χ2n) is 7.93. The molecular formula is C19H25F2NO2. The van der Waals surface area contributed by atoms with Gasteiger partial charge in [0.1, 0.15) is 5.75 Å². The Morgan fingerprint density at radius 1 is 1.29 bits per heavy atom. The van der Waals surface area contributed by atoms with Gasteiger partial charge in [-0.05, 0) is 53.7 Å². The summed E-state index contributed by atoms with van der Waals surface area (Å²) in [5.74, 6) is 0.780. The van der Waals surface area contributed by atoms with Crippen LogP contribution in [0.1, 0.15) is 45.6 Å². The highest BCUT2D eigenvalue weighted by molar-refractivity contribution is 5.79. The second kappa shape index (κ2) is 6.01. The highest BCUT2D eigenvalue weighted by Gasteiger charge is 2.61. The predicted molar refractivity (Wildman–Crippen MR) is 87.9 cm³/mol. The van der Waals surface area contributed by atoms with Gasteiger partial charge >= 0.3 is 6.61 Å². The van der Waals surface area contributed by atoms with E-state index in [9.17, 15) is 13.6 Å². The van der Waals surface area contributed by atoms with Crippen LogP contribution in [0, 0.1) is 16.7 Å². The molecule has 1 amide bonds. The molecule has 1 N–H and O–H groups in total. The van der Waals surface area contributed by atoms with Crippen LogP contribution >= 0.6 is 0 Å². The Morgan fingerprint density at radius 3 is 2.46 bits per heavy atom. The van der Waals surface area contributed by atoms with E-state index in [4.69, 9.17) is 0 Å². The zero-order chi connectivity index (χ0) is 17.5. The number of nitrogens with one attached hydrogen (secondary N) is 1. The van der Waals surface area contributed by atoms with Crippen molar-refractivity contribution >= 4 is 5.91 Å². The van der Waals surface area contributed by atoms with Gasteiger partial charge in [-0.15, -0.1) is 0 Å². The monoisotopic (exact) mass is 337 g/mol. The van der Waals surface area contributed by atoms with Crippen molar-refractivity contribution in [3.8, 4) is 5.75 Å². The molecular weight excluding hydrogens is 312 g/mol. The van der Waals surface area contributed by atoms with Gasteiger partial charge < -0.3 is 10.1 Å². The van der Waals surface area contributed by atoms with Crippen LogP contribution < -0.4 is 10.1 Å². The largest absolute Gasteiger partial charge is 0.435 e. The minimum atomic E-state index is -2.83. The number of hydrogen-bond donors (Lipinski definition) is 1. The van der Waals surface area contributed by atoms with Crippen LogP contribution in [0.3, 0.4) is 0 Å². The van der Waals surface area contributed by atoms with E-state index in [1.165, 1.54) is 18.6 Å². The Bertz CT molecular complexity index is 614. The minimum absolute atomic E-state index is 0.00731. The van der Waals surface area contributed by atoms with E-state index in [1.54, 1.807) is 12.1 Å². The van der Waals surface area contributed by atoms with E-state index >= 15 is 0 Å². The third-order valence-corrected chi connectivity index (χ3v) is 6.64. The predicted octanol–water partition coefficient (Wildman–Crippen LogP) is 4.16. The van der Waals surface area contributed by atoms with Crippen molar-refractivity contribution < 1.29 is 18.3 Å². The van der Waals surface area contributed by atoms with Gasteiger partial charge in [-0.1, -0.05) is 32.9 Å². The molecule has 1 aromatic carbocycles. The number of carbonyl (C=O) groups is 1. The van der Waals surface area contributed by atoms with Crippen LogP contribution in [-0.2, 0) is 11.2 Å². The summed E-state index contributed by atoms with van der Waals surface area (Å²) in [4.78, 5) is 12.4. The van der Waals surface area contributed by atoms with Gasteiger partial charge in [-0.2, -0.15) is 8.78 Å². The Balaban J connectivity index is 1.59. The molecule has 2 aliphatic rings. The first kappa shape index (κ1) is 17.2. The first-order valence-electron chi connectivity index (χ1n) is 8.55.